The average molecular weight is 453 g/mol. The highest BCUT2D eigenvalue weighted by Crippen LogP contribution is 2.31. The quantitative estimate of drug-likeness (QED) is 0.295. The van der Waals surface area contributed by atoms with E-state index in [1.165, 1.54) is 46.9 Å². The number of halogens is 1. The molecule has 0 bridgehead atoms. The number of fused-ring (bicyclic) bond motifs is 2. The number of aryl methyl sites for hydroxylation is 1. The first-order valence-corrected chi connectivity index (χ1v) is 10.6. The first-order chi connectivity index (χ1) is 14.9. The Balaban J connectivity index is 1.42. The van der Waals surface area contributed by atoms with Gasteiger partial charge in [0, 0.05) is 29.6 Å². The Morgan fingerprint density at radius 2 is 1.94 bits per heavy atom. The first-order valence-electron chi connectivity index (χ1n) is 9.00. The molecule has 0 saturated heterocycles. The van der Waals surface area contributed by atoms with Crippen LogP contribution in [0.4, 0.5) is 15.2 Å². The fourth-order valence-corrected chi connectivity index (χ4v) is 5.05. The standard InChI is InChI=1S/C20H12FN5O3S2/c1-10-17(31-20-23-15(9-25(10)20)11-2-4-12(21)5-3-11)18(27)24-19-22-14-7-6-13(26(28)29)8-16(14)30-19/h2-9H,1H3,(H,22,24,27). The van der Waals surface area contributed by atoms with E-state index < -0.39 is 4.92 Å². The van der Waals surface area contributed by atoms with Gasteiger partial charge in [0.2, 0.25) is 0 Å². The molecule has 5 aromatic rings. The van der Waals surface area contributed by atoms with Crippen LogP contribution in [0.25, 0.3) is 26.4 Å². The number of carbonyl (C=O) groups excluding carboxylic acids is 1. The van der Waals surface area contributed by atoms with E-state index in [0.29, 0.717) is 30.9 Å². The van der Waals surface area contributed by atoms with Gasteiger partial charge in [0.15, 0.2) is 10.1 Å². The average Bonchev–Trinajstić information content (AvgIpc) is 3.41. The van der Waals surface area contributed by atoms with E-state index in [2.05, 4.69) is 15.3 Å². The Morgan fingerprint density at radius 3 is 2.65 bits per heavy atom. The summed E-state index contributed by atoms with van der Waals surface area (Å²) in [5, 5.41) is 14.1. The molecule has 8 nitrogen and oxygen atoms in total. The Labute approximate surface area is 181 Å². The van der Waals surface area contributed by atoms with Gasteiger partial charge in [-0.3, -0.25) is 24.6 Å². The summed E-state index contributed by atoms with van der Waals surface area (Å²) in [6.45, 7) is 1.82. The molecule has 0 atom stereocenters. The predicted octanol–water partition coefficient (Wildman–Crippen LogP) is 5.28. The summed E-state index contributed by atoms with van der Waals surface area (Å²) < 4.78 is 15.6. The van der Waals surface area contributed by atoms with Gasteiger partial charge < -0.3 is 0 Å². The monoisotopic (exact) mass is 453 g/mol. The molecule has 1 N–H and O–H groups in total. The Kier molecular flexibility index (Phi) is 4.49. The number of thiazole rings is 2. The summed E-state index contributed by atoms with van der Waals surface area (Å²) in [4.78, 5) is 33.3. The number of nitrogens with one attached hydrogen (secondary N) is 1. The number of non-ortho nitro benzene ring substituents is 1. The van der Waals surface area contributed by atoms with Crippen LogP contribution in [0, 0.1) is 22.9 Å². The number of hydrogen-bond acceptors (Lipinski definition) is 7. The van der Waals surface area contributed by atoms with E-state index in [1.807, 2.05) is 17.5 Å². The fraction of sp³-hybridized carbons (Fsp3) is 0.0500. The zero-order valence-corrected chi connectivity index (χ0v) is 17.5. The normalized spacial score (nSPS) is 11.3. The SMILES string of the molecule is Cc1c(C(=O)Nc2nc3ccc([N+](=O)[O-])cc3s2)sc2nc(-c3ccc(F)cc3)cn12. The number of aromatic nitrogens is 3. The molecule has 154 valence electrons. The molecule has 5 rings (SSSR count). The minimum Gasteiger partial charge on any atom is -0.297 e. The molecule has 0 fully saturated rings. The zero-order chi connectivity index (χ0) is 21.7. The van der Waals surface area contributed by atoms with E-state index in [0.717, 1.165) is 11.3 Å². The van der Waals surface area contributed by atoms with Crippen molar-refractivity contribution in [2.24, 2.45) is 0 Å². The number of hydrogen-bond donors (Lipinski definition) is 1. The van der Waals surface area contributed by atoms with Crippen molar-refractivity contribution in [3.63, 3.8) is 0 Å². The van der Waals surface area contributed by atoms with Crippen molar-refractivity contribution < 1.29 is 14.1 Å². The van der Waals surface area contributed by atoms with Crippen LogP contribution in [-0.4, -0.2) is 25.2 Å². The Hall–Kier alpha value is -3.70. The van der Waals surface area contributed by atoms with Crippen molar-refractivity contribution >= 4 is 54.6 Å². The van der Waals surface area contributed by atoms with E-state index in [9.17, 15) is 19.3 Å². The summed E-state index contributed by atoms with van der Waals surface area (Å²) in [7, 11) is 0. The summed E-state index contributed by atoms with van der Waals surface area (Å²) in [6.07, 6.45) is 1.81. The highest BCUT2D eigenvalue weighted by Gasteiger charge is 2.20. The molecule has 0 saturated carbocycles. The fourth-order valence-electron chi connectivity index (χ4n) is 3.15. The van der Waals surface area contributed by atoms with Crippen LogP contribution in [-0.2, 0) is 0 Å². The minimum absolute atomic E-state index is 0.0266. The smallest absolute Gasteiger partial charge is 0.270 e. The van der Waals surface area contributed by atoms with Crippen molar-refractivity contribution in [3.05, 3.63) is 75.2 Å². The van der Waals surface area contributed by atoms with Crippen molar-refractivity contribution in [1.29, 1.82) is 0 Å². The van der Waals surface area contributed by atoms with Gasteiger partial charge in [0.05, 0.1) is 20.8 Å². The molecule has 0 aliphatic rings. The number of nitro benzene ring substituents is 1. The number of imidazole rings is 1. The third kappa shape index (κ3) is 3.43. The highest BCUT2D eigenvalue weighted by atomic mass is 32.1. The second-order valence-corrected chi connectivity index (χ2v) is 8.69. The van der Waals surface area contributed by atoms with Crippen LogP contribution < -0.4 is 5.32 Å². The van der Waals surface area contributed by atoms with Gasteiger partial charge >= 0.3 is 0 Å². The summed E-state index contributed by atoms with van der Waals surface area (Å²) in [5.74, 6) is -0.644. The second-order valence-electron chi connectivity index (χ2n) is 6.68. The topological polar surface area (TPSA) is 102 Å². The van der Waals surface area contributed by atoms with E-state index >= 15 is 0 Å². The van der Waals surface area contributed by atoms with Crippen molar-refractivity contribution in [1.82, 2.24) is 14.4 Å². The number of anilines is 1. The Bertz CT molecular complexity index is 1490. The second kappa shape index (κ2) is 7.22. The molecular weight excluding hydrogens is 441 g/mol. The molecule has 2 aromatic carbocycles. The number of benzene rings is 2. The molecule has 0 aliphatic carbocycles. The van der Waals surface area contributed by atoms with Gasteiger partial charge in [-0.2, -0.15) is 0 Å². The predicted molar refractivity (Wildman–Crippen MR) is 117 cm³/mol. The molecule has 0 radical (unpaired) electrons. The first kappa shape index (κ1) is 19.3. The number of amides is 1. The van der Waals surface area contributed by atoms with Crippen LogP contribution >= 0.6 is 22.7 Å². The molecular formula is C20H12FN5O3S2. The summed E-state index contributed by atoms with van der Waals surface area (Å²) in [5.41, 5.74) is 2.74. The number of carbonyl (C=O) groups is 1. The molecule has 11 heteroatoms. The highest BCUT2D eigenvalue weighted by molar-refractivity contribution is 7.22. The van der Waals surface area contributed by atoms with Gasteiger partial charge in [-0.15, -0.1) is 0 Å². The zero-order valence-electron chi connectivity index (χ0n) is 15.8. The van der Waals surface area contributed by atoms with Crippen LogP contribution in [0.5, 0.6) is 0 Å². The lowest BCUT2D eigenvalue weighted by molar-refractivity contribution is -0.384. The van der Waals surface area contributed by atoms with E-state index in [4.69, 9.17) is 0 Å². The van der Waals surface area contributed by atoms with E-state index in [1.54, 1.807) is 18.2 Å². The van der Waals surface area contributed by atoms with Gasteiger partial charge in [-0.1, -0.05) is 22.7 Å². The maximum atomic E-state index is 13.2. The largest absolute Gasteiger partial charge is 0.297 e. The summed E-state index contributed by atoms with van der Waals surface area (Å²) in [6, 6.07) is 10.4. The van der Waals surface area contributed by atoms with Crippen LogP contribution in [0.15, 0.2) is 48.7 Å². The Morgan fingerprint density at radius 1 is 1.16 bits per heavy atom. The van der Waals surface area contributed by atoms with Crippen molar-refractivity contribution in [3.8, 4) is 11.3 Å². The van der Waals surface area contributed by atoms with Crippen LogP contribution in [0.1, 0.15) is 15.4 Å². The number of nitro groups is 1. The molecule has 31 heavy (non-hydrogen) atoms. The van der Waals surface area contributed by atoms with Crippen molar-refractivity contribution in [2.75, 3.05) is 5.32 Å². The molecule has 3 aromatic heterocycles. The number of rotatable bonds is 4. The lowest BCUT2D eigenvalue weighted by Crippen LogP contribution is -2.11. The van der Waals surface area contributed by atoms with Gasteiger partial charge in [-0.05, 0) is 37.3 Å². The molecule has 0 spiro atoms. The molecule has 0 unspecified atom stereocenters. The number of nitrogens with zero attached hydrogens (tertiary/aromatic N) is 4. The maximum Gasteiger partial charge on any atom is 0.270 e. The lowest BCUT2D eigenvalue weighted by atomic mass is 10.2. The molecule has 0 aliphatic heterocycles. The lowest BCUT2D eigenvalue weighted by Gasteiger charge is -2.00. The third-order valence-corrected chi connectivity index (χ3v) is 6.80. The molecule has 1 amide bonds. The van der Waals surface area contributed by atoms with Crippen LogP contribution in [0.2, 0.25) is 0 Å². The maximum absolute atomic E-state index is 13.2. The van der Waals surface area contributed by atoms with Gasteiger partial charge in [-0.25, -0.2) is 14.4 Å². The van der Waals surface area contributed by atoms with Crippen molar-refractivity contribution in [2.45, 2.75) is 6.92 Å². The molecule has 3 heterocycles. The third-order valence-electron chi connectivity index (χ3n) is 4.71. The minimum atomic E-state index is -0.470. The van der Waals surface area contributed by atoms with Gasteiger partial charge in [0.25, 0.3) is 11.6 Å². The van der Waals surface area contributed by atoms with E-state index in [-0.39, 0.29) is 17.4 Å². The summed E-state index contributed by atoms with van der Waals surface area (Å²) >= 11 is 2.41. The van der Waals surface area contributed by atoms with Gasteiger partial charge in [0.1, 0.15) is 10.7 Å². The van der Waals surface area contributed by atoms with Crippen LogP contribution in [0.3, 0.4) is 0 Å².